The van der Waals surface area contributed by atoms with Crippen molar-refractivity contribution in [3.8, 4) is 5.75 Å². The summed E-state index contributed by atoms with van der Waals surface area (Å²) in [6.45, 7) is 5.25. The first kappa shape index (κ1) is 12.0. The second kappa shape index (κ2) is 4.27. The Kier molecular flexibility index (Phi) is 2.86. The van der Waals surface area contributed by atoms with Crippen molar-refractivity contribution in [2.75, 3.05) is 6.61 Å². The SMILES string of the molecule is CC1(C)COc2ccc(C(N)CC3CCC3)cc21. The maximum absolute atomic E-state index is 6.35. The molecule has 0 spiro atoms. The number of fused-ring (bicyclic) bond motifs is 1. The maximum Gasteiger partial charge on any atom is 0.123 e. The highest BCUT2D eigenvalue weighted by Crippen LogP contribution is 2.40. The van der Waals surface area contributed by atoms with Crippen molar-refractivity contribution in [3.63, 3.8) is 0 Å². The molecule has 0 aromatic heterocycles. The molecular weight excluding hydrogens is 222 g/mol. The minimum Gasteiger partial charge on any atom is -0.492 e. The van der Waals surface area contributed by atoms with E-state index in [-0.39, 0.29) is 11.5 Å². The van der Waals surface area contributed by atoms with E-state index in [0.717, 1.165) is 24.7 Å². The van der Waals surface area contributed by atoms with Gasteiger partial charge in [0.2, 0.25) is 0 Å². The molecule has 1 atom stereocenters. The molecule has 1 aliphatic carbocycles. The molecule has 0 amide bonds. The molecule has 1 aliphatic heterocycles. The molecule has 18 heavy (non-hydrogen) atoms. The summed E-state index contributed by atoms with van der Waals surface area (Å²) in [4.78, 5) is 0. The molecule has 1 aromatic rings. The number of rotatable bonds is 3. The molecule has 1 heterocycles. The molecule has 2 heteroatoms. The smallest absolute Gasteiger partial charge is 0.123 e. The quantitative estimate of drug-likeness (QED) is 0.884. The Bertz CT molecular complexity index is 448. The van der Waals surface area contributed by atoms with Gasteiger partial charge < -0.3 is 10.5 Å². The molecule has 0 radical (unpaired) electrons. The van der Waals surface area contributed by atoms with Crippen LogP contribution in [0.2, 0.25) is 0 Å². The first-order valence-corrected chi connectivity index (χ1v) is 7.09. The van der Waals surface area contributed by atoms with Gasteiger partial charge in [-0.3, -0.25) is 0 Å². The van der Waals surface area contributed by atoms with E-state index in [1.807, 2.05) is 0 Å². The Morgan fingerprint density at radius 3 is 2.83 bits per heavy atom. The van der Waals surface area contributed by atoms with Crippen molar-refractivity contribution in [2.45, 2.75) is 51.0 Å². The molecule has 0 bridgehead atoms. The largest absolute Gasteiger partial charge is 0.492 e. The van der Waals surface area contributed by atoms with Gasteiger partial charge >= 0.3 is 0 Å². The summed E-state index contributed by atoms with van der Waals surface area (Å²) in [5, 5.41) is 0. The lowest BCUT2D eigenvalue weighted by atomic mass is 9.79. The van der Waals surface area contributed by atoms with E-state index in [2.05, 4.69) is 32.0 Å². The van der Waals surface area contributed by atoms with Crippen LogP contribution in [0.5, 0.6) is 5.75 Å². The number of ether oxygens (including phenoxy) is 1. The zero-order chi connectivity index (χ0) is 12.8. The highest BCUT2D eigenvalue weighted by Gasteiger charge is 2.32. The highest BCUT2D eigenvalue weighted by atomic mass is 16.5. The number of hydrogen-bond donors (Lipinski definition) is 1. The van der Waals surface area contributed by atoms with Gasteiger partial charge in [-0.25, -0.2) is 0 Å². The molecule has 1 unspecified atom stereocenters. The third kappa shape index (κ3) is 2.03. The van der Waals surface area contributed by atoms with Crippen LogP contribution in [-0.2, 0) is 5.41 Å². The molecule has 98 valence electrons. The van der Waals surface area contributed by atoms with Crippen LogP contribution in [0.4, 0.5) is 0 Å². The van der Waals surface area contributed by atoms with Crippen LogP contribution < -0.4 is 10.5 Å². The van der Waals surface area contributed by atoms with E-state index in [0.29, 0.717) is 0 Å². The van der Waals surface area contributed by atoms with Crippen LogP contribution in [0.1, 0.15) is 56.7 Å². The average molecular weight is 245 g/mol. The molecular formula is C16H23NO. The predicted molar refractivity (Wildman–Crippen MR) is 73.8 cm³/mol. The van der Waals surface area contributed by atoms with Gasteiger partial charge in [0.1, 0.15) is 5.75 Å². The van der Waals surface area contributed by atoms with Gasteiger partial charge in [-0.05, 0) is 30.0 Å². The first-order valence-electron chi connectivity index (χ1n) is 7.09. The molecule has 1 aromatic carbocycles. The molecule has 3 rings (SSSR count). The van der Waals surface area contributed by atoms with Crippen molar-refractivity contribution in [2.24, 2.45) is 11.7 Å². The first-order chi connectivity index (χ1) is 8.56. The van der Waals surface area contributed by atoms with Crippen LogP contribution in [0.3, 0.4) is 0 Å². The van der Waals surface area contributed by atoms with Crippen molar-refractivity contribution < 1.29 is 4.74 Å². The van der Waals surface area contributed by atoms with Crippen LogP contribution in [0, 0.1) is 5.92 Å². The van der Waals surface area contributed by atoms with E-state index in [9.17, 15) is 0 Å². The van der Waals surface area contributed by atoms with Crippen LogP contribution in [0.25, 0.3) is 0 Å². The van der Waals surface area contributed by atoms with E-state index >= 15 is 0 Å². The molecule has 0 saturated heterocycles. The summed E-state index contributed by atoms with van der Waals surface area (Å²) in [6.07, 6.45) is 5.27. The summed E-state index contributed by atoms with van der Waals surface area (Å²) >= 11 is 0. The molecule has 2 nitrogen and oxygen atoms in total. The fourth-order valence-electron chi connectivity index (χ4n) is 2.99. The predicted octanol–water partition coefficient (Wildman–Crippen LogP) is 3.55. The summed E-state index contributed by atoms with van der Waals surface area (Å²) < 4.78 is 5.72. The standard InChI is InChI=1S/C16H23NO/c1-16(2)10-18-15-7-6-12(9-13(15)16)14(17)8-11-4-3-5-11/h6-7,9,11,14H,3-5,8,10,17H2,1-2H3. The summed E-state index contributed by atoms with van der Waals surface area (Å²) in [5.41, 5.74) is 9.07. The zero-order valence-corrected chi connectivity index (χ0v) is 11.4. The lowest BCUT2D eigenvalue weighted by Crippen LogP contribution is -2.21. The van der Waals surface area contributed by atoms with E-state index < -0.39 is 0 Å². The Hall–Kier alpha value is -1.02. The van der Waals surface area contributed by atoms with Crippen LogP contribution in [0.15, 0.2) is 18.2 Å². The Balaban J connectivity index is 1.81. The number of hydrogen-bond acceptors (Lipinski definition) is 2. The zero-order valence-electron chi connectivity index (χ0n) is 11.4. The Morgan fingerprint density at radius 1 is 1.39 bits per heavy atom. The van der Waals surface area contributed by atoms with Crippen molar-refractivity contribution in [1.29, 1.82) is 0 Å². The lowest BCUT2D eigenvalue weighted by Gasteiger charge is -2.28. The van der Waals surface area contributed by atoms with E-state index in [1.54, 1.807) is 0 Å². The molecule has 2 N–H and O–H groups in total. The van der Waals surface area contributed by atoms with Gasteiger partial charge in [-0.1, -0.05) is 39.2 Å². The van der Waals surface area contributed by atoms with Gasteiger partial charge in [0.05, 0.1) is 6.61 Å². The van der Waals surface area contributed by atoms with Gasteiger partial charge in [0, 0.05) is 17.0 Å². The maximum atomic E-state index is 6.35. The molecule has 1 saturated carbocycles. The fourth-order valence-corrected chi connectivity index (χ4v) is 2.99. The second-order valence-corrected chi connectivity index (χ2v) is 6.57. The summed E-state index contributed by atoms with van der Waals surface area (Å²) in [7, 11) is 0. The average Bonchev–Trinajstić information content (AvgIpc) is 2.59. The van der Waals surface area contributed by atoms with Gasteiger partial charge in [0.15, 0.2) is 0 Å². The third-order valence-corrected chi connectivity index (χ3v) is 4.56. The number of benzene rings is 1. The van der Waals surface area contributed by atoms with E-state index in [1.165, 1.54) is 30.4 Å². The third-order valence-electron chi connectivity index (χ3n) is 4.56. The summed E-state index contributed by atoms with van der Waals surface area (Å²) in [5.74, 6) is 1.90. The van der Waals surface area contributed by atoms with Gasteiger partial charge in [-0.15, -0.1) is 0 Å². The molecule has 1 fully saturated rings. The van der Waals surface area contributed by atoms with Crippen LogP contribution >= 0.6 is 0 Å². The minimum atomic E-state index is 0.127. The van der Waals surface area contributed by atoms with E-state index in [4.69, 9.17) is 10.5 Å². The lowest BCUT2D eigenvalue weighted by molar-refractivity contribution is 0.277. The Labute approximate surface area is 110 Å². The monoisotopic (exact) mass is 245 g/mol. The van der Waals surface area contributed by atoms with Crippen molar-refractivity contribution >= 4 is 0 Å². The summed E-state index contributed by atoms with van der Waals surface area (Å²) in [6, 6.07) is 6.70. The normalized spacial score (nSPS) is 23.1. The van der Waals surface area contributed by atoms with Crippen molar-refractivity contribution in [3.05, 3.63) is 29.3 Å². The highest BCUT2D eigenvalue weighted by molar-refractivity contribution is 5.45. The number of nitrogens with two attached hydrogens (primary N) is 1. The second-order valence-electron chi connectivity index (χ2n) is 6.57. The molecule has 2 aliphatic rings. The Morgan fingerprint density at radius 2 is 2.17 bits per heavy atom. The minimum absolute atomic E-state index is 0.127. The van der Waals surface area contributed by atoms with Crippen LogP contribution in [-0.4, -0.2) is 6.61 Å². The van der Waals surface area contributed by atoms with Gasteiger partial charge in [0.25, 0.3) is 0 Å². The van der Waals surface area contributed by atoms with Crippen molar-refractivity contribution in [1.82, 2.24) is 0 Å². The fraction of sp³-hybridized carbons (Fsp3) is 0.625. The van der Waals surface area contributed by atoms with Gasteiger partial charge in [-0.2, -0.15) is 0 Å². The topological polar surface area (TPSA) is 35.2 Å².